The average Bonchev–Trinajstić information content (AvgIpc) is 2.12. The number of hydrogen-bond donors (Lipinski definition) is 0. The summed E-state index contributed by atoms with van der Waals surface area (Å²) < 4.78 is 47.6. The first-order chi connectivity index (χ1) is 7.17. The van der Waals surface area contributed by atoms with Crippen LogP contribution in [0.4, 0.5) is 13.2 Å². The highest BCUT2D eigenvalue weighted by molar-refractivity contribution is 7.85. The van der Waals surface area contributed by atoms with Gasteiger partial charge in [0.05, 0.1) is 0 Å². The second-order valence-corrected chi connectivity index (χ2v) is 5.35. The van der Waals surface area contributed by atoms with E-state index in [0.717, 1.165) is 0 Å². The highest BCUT2D eigenvalue weighted by atomic mass is 32.2. The molecule has 0 unspecified atom stereocenters. The molecule has 1 amide bonds. The number of rotatable bonds is 5. The smallest absolute Gasteiger partial charge is 0.330 e. The molecule has 0 N–H and O–H groups in total. The van der Waals surface area contributed by atoms with Crippen LogP contribution in [-0.4, -0.2) is 45.3 Å². The van der Waals surface area contributed by atoms with E-state index in [9.17, 15) is 22.2 Å². The van der Waals surface area contributed by atoms with Gasteiger partial charge in [-0.15, -0.1) is 0 Å². The molecule has 0 fully saturated rings. The maximum Gasteiger partial charge on any atom is 0.406 e. The van der Waals surface area contributed by atoms with Crippen LogP contribution in [0, 0.1) is 0 Å². The Morgan fingerprint density at radius 3 is 2.19 bits per heavy atom. The van der Waals surface area contributed by atoms with Crippen molar-refractivity contribution in [1.82, 2.24) is 4.90 Å². The van der Waals surface area contributed by atoms with Gasteiger partial charge >= 0.3 is 6.18 Å². The van der Waals surface area contributed by atoms with Crippen LogP contribution in [0.1, 0.15) is 20.8 Å². The highest BCUT2D eigenvalue weighted by Crippen LogP contribution is 2.18. The van der Waals surface area contributed by atoms with Crippen molar-refractivity contribution in [2.24, 2.45) is 0 Å². The van der Waals surface area contributed by atoms with Crippen LogP contribution >= 0.6 is 0 Å². The minimum atomic E-state index is -4.42. The largest absolute Gasteiger partial charge is 0.406 e. The first-order valence-corrected chi connectivity index (χ1v) is 6.37. The van der Waals surface area contributed by atoms with Crippen molar-refractivity contribution in [3.8, 4) is 0 Å². The summed E-state index contributed by atoms with van der Waals surface area (Å²) in [5.41, 5.74) is 0. The van der Waals surface area contributed by atoms with Crippen molar-refractivity contribution in [1.29, 1.82) is 0 Å². The minimum Gasteiger partial charge on any atom is -0.330 e. The lowest BCUT2D eigenvalue weighted by molar-refractivity contribution is -0.162. The second-order valence-electron chi connectivity index (χ2n) is 3.60. The van der Waals surface area contributed by atoms with Crippen molar-refractivity contribution in [2.45, 2.75) is 33.0 Å². The molecule has 0 spiro atoms. The van der Waals surface area contributed by atoms with Gasteiger partial charge in [-0.25, -0.2) is 0 Å². The summed E-state index contributed by atoms with van der Waals surface area (Å²) in [7, 11) is -1.38. The van der Waals surface area contributed by atoms with Gasteiger partial charge in [-0.05, 0) is 13.8 Å². The van der Waals surface area contributed by atoms with E-state index in [1.165, 1.54) is 13.8 Å². The number of halogens is 3. The fourth-order valence-electron chi connectivity index (χ4n) is 1.07. The first-order valence-electron chi connectivity index (χ1n) is 4.88. The molecule has 0 rings (SSSR count). The Bertz CT molecular complexity index is 266. The summed E-state index contributed by atoms with van der Waals surface area (Å²) in [5.74, 6) is -0.790. The summed E-state index contributed by atoms with van der Waals surface area (Å²) in [6.45, 7) is 3.33. The predicted octanol–water partition coefficient (Wildman–Crippen LogP) is 1.55. The third-order valence-electron chi connectivity index (χ3n) is 1.90. The van der Waals surface area contributed by atoms with E-state index in [4.69, 9.17) is 0 Å². The first kappa shape index (κ1) is 15.4. The van der Waals surface area contributed by atoms with Crippen LogP contribution in [0.15, 0.2) is 0 Å². The molecule has 16 heavy (non-hydrogen) atoms. The Morgan fingerprint density at radius 1 is 1.38 bits per heavy atom. The summed E-state index contributed by atoms with van der Waals surface area (Å²) >= 11 is 0. The molecule has 0 bridgehead atoms. The van der Waals surface area contributed by atoms with Gasteiger partial charge in [-0.3, -0.25) is 9.00 Å². The third-order valence-corrected chi connectivity index (χ3v) is 3.11. The van der Waals surface area contributed by atoms with E-state index in [1.807, 2.05) is 0 Å². The lowest BCUT2D eigenvalue weighted by atomic mass is 10.3. The molecule has 0 heterocycles. The number of nitrogens with zero attached hydrogens (tertiary/aromatic N) is 1. The van der Waals surface area contributed by atoms with Gasteiger partial charge in [-0.2, -0.15) is 13.2 Å². The molecule has 1 atom stereocenters. The van der Waals surface area contributed by atoms with Crippen molar-refractivity contribution in [3.63, 3.8) is 0 Å². The Balaban J connectivity index is 4.54. The molecule has 0 aliphatic rings. The molecular formula is C9H16F3NO2S. The number of carbonyl (C=O) groups is 1. The van der Waals surface area contributed by atoms with Gasteiger partial charge in [0.25, 0.3) is 0 Å². The van der Waals surface area contributed by atoms with Crippen LogP contribution in [0.3, 0.4) is 0 Å². The summed E-state index contributed by atoms with van der Waals surface area (Å²) in [6, 6.07) is -0.553. The molecule has 0 saturated heterocycles. The van der Waals surface area contributed by atoms with Crippen molar-refractivity contribution in [2.75, 3.05) is 18.1 Å². The van der Waals surface area contributed by atoms with E-state index in [1.54, 1.807) is 6.92 Å². The van der Waals surface area contributed by atoms with E-state index in [2.05, 4.69) is 0 Å². The maximum absolute atomic E-state index is 12.2. The van der Waals surface area contributed by atoms with Gasteiger partial charge in [0.1, 0.15) is 12.3 Å². The predicted molar refractivity (Wildman–Crippen MR) is 56.5 cm³/mol. The van der Waals surface area contributed by atoms with E-state index in [-0.39, 0.29) is 11.5 Å². The number of amides is 1. The topological polar surface area (TPSA) is 37.4 Å². The lowest BCUT2D eigenvalue weighted by Gasteiger charge is -2.27. The molecule has 3 nitrogen and oxygen atoms in total. The van der Waals surface area contributed by atoms with Gasteiger partial charge in [0.15, 0.2) is 0 Å². The van der Waals surface area contributed by atoms with Crippen LogP contribution in [0.5, 0.6) is 0 Å². The highest BCUT2D eigenvalue weighted by Gasteiger charge is 2.34. The number of alkyl halides is 3. The third kappa shape index (κ3) is 6.09. The van der Waals surface area contributed by atoms with Crippen molar-refractivity contribution in [3.05, 3.63) is 0 Å². The molecule has 0 saturated carbocycles. The van der Waals surface area contributed by atoms with Crippen LogP contribution in [0.25, 0.3) is 0 Å². The molecule has 0 aromatic heterocycles. The number of hydrogen-bond acceptors (Lipinski definition) is 2. The molecule has 96 valence electrons. The Hall–Kier alpha value is -0.590. The van der Waals surface area contributed by atoms with Gasteiger partial charge in [-0.1, -0.05) is 6.92 Å². The Labute approximate surface area is 95.5 Å². The average molecular weight is 259 g/mol. The van der Waals surface area contributed by atoms with Gasteiger partial charge < -0.3 is 4.90 Å². The fraction of sp³-hybridized carbons (Fsp3) is 0.889. The second kappa shape index (κ2) is 6.22. The van der Waals surface area contributed by atoms with Crippen molar-refractivity contribution >= 4 is 16.7 Å². The molecule has 0 aliphatic carbocycles. The Kier molecular flexibility index (Phi) is 5.99. The lowest BCUT2D eigenvalue weighted by Crippen LogP contribution is -2.45. The standard InChI is InChI=1S/C9H16F3NO2S/c1-4-16(15)5-8(14)13(7(2)3)6-9(10,11)12/h7H,4-6H2,1-3H3/t16-/m0/s1. The minimum absolute atomic E-state index is 0.268. The van der Waals surface area contributed by atoms with E-state index < -0.39 is 35.5 Å². The molecule has 7 heteroatoms. The monoisotopic (exact) mass is 259 g/mol. The van der Waals surface area contributed by atoms with Crippen LogP contribution in [0.2, 0.25) is 0 Å². The fourth-order valence-corrected chi connectivity index (χ4v) is 1.72. The molecule has 0 aliphatic heterocycles. The summed E-state index contributed by atoms with van der Waals surface area (Å²) in [5, 5.41) is 0. The zero-order chi connectivity index (χ0) is 12.9. The van der Waals surface area contributed by atoms with Crippen LogP contribution in [-0.2, 0) is 15.6 Å². The Morgan fingerprint density at radius 2 is 1.88 bits per heavy atom. The maximum atomic E-state index is 12.2. The van der Waals surface area contributed by atoms with Gasteiger partial charge in [0.2, 0.25) is 5.91 Å². The number of carbonyl (C=O) groups excluding carboxylic acids is 1. The van der Waals surface area contributed by atoms with E-state index in [0.29, 0.717) is 4.90 Å². The normalized spacial score (nSPS) is 13.9. The molecule has 0 aromatic carbocycles. The molecular weight excluding hydrogens is 243 g/mol. The van der Waals surface area contributed by atoms with E-state index >= 15 is 0 Å². The SMILES string of the molecule is CC[S@](=O)CC(=O)N(CC(F)(F)F)C(C)C. The van der Waals surface area contributed by atoms with Gasteiger partial charge in [0, 0.05) is 22.6 Å². The van der Waals surface area contributed by atoms with Crippen LogP contribution < -0.4 is 0 Å². The zero-order valence-electron chi connectivity index (χ0n) is 9.50. The summed E-state index contributed by atoms with van der Waals surface area (Å²) in [4.78, 5) is 12.2. The van der Waals surface area contributed by atoms with Crippen molar-refractivity contribution < 1.29 is 22.2 Å². The molecule has 0 aromatic rings. The molecule has 0 radical (unpaired) electrons. The summed E-state index contributed by atoms with van der Waals surface area (Å²) in [6.07, 6.45) is -4.42. The quantitative estimate of drug-likeness (QED) is 0.751. The zero-order valence-corrected chi connectivity index (χ0v) is 10.3.